The number of piperidine rings is 2. The number of anilines is 1. The zero-order chi connectivity index (χ0) is 21.1. The molecule has 0 bridgehead atoms. The molecule has 2 fully saturated rings. The molecule has 7 heteroatoms. The van der Waals surface area contributed by atoms with Crippen molar-refractivity contribution >= 4 is 11.6 Å². The first-order valence-electron chi connectivity index (χ1n) is 10.9. The van der Waals surface area contributed by atoms with E-state index < -0.39 is 0 Å². The van der Waals surface area contributed by atoms with Crippen molar-refractivity contribution in [2.24, 2.45) is 0 Å². The van der Waals surface area contributed by atoms with E-state index in [1.54, 1.807) is 12.3 Å². The Hall–Kier alpha value is -2.67. The molecule has 0 unspecified atom stereocenters. The number of benzene rings is 1. The summed E-state index contributed by atoms with van der Waals surface area (Å²) >= 11 is 0. The highest BCUT2D eigenvalue weighted by Gasteiger charge is 2.29. The molecule has 0 aliphatic carbocycles. The highest BCUT2D eigenvalue weighted by Crippen LogP contribution is 2.25. The Morgan fingerprint density at radius 3 is 2.57 bits per heavy atom. The molecule has 4 rings (SSSR count). The van der Waals surface area contributed by atoms with Crippen molar-refractivity contribution in [3.8, 4) is 0 Å². The number of likely N-dealkylation sites (tertiary alicyclic amines) is 1. The number of aliphatic hydroxyl groups excluding tert-OH is 1. The fourth-order valence-corrected chi connectivity index (χ4v) is 4.49. The van der Waals surface area contributed by atoms with Crippen molar-refractivity contribution in [3.63, 3.8) is 0 Å². The fourth-order valence-electron chi connectivity index (χ4n) is 4.49. The number of carbonyl (C=O) groups is 1. The van der Waals surface area contributed by atoms with Gasteiger partial charge in [0.25, 0.3) is 5.56 Å². The second-order valence-corrected chi connectivity index (χ2v) is 8.43. The molecule has 1 amide bonds. The highest BCUT2D eigenvalue weighted by molar-refractivity contribution is 5.83. The van der Waals surface area contributed by atoms with Crippen LogP contribution in [0.4, 0.5) is 5.69 Å². The van der Waals surface area contributed by atoms with Gasteiger partial charge >= 0.3 is 0 Å². The maximum atomic E-state index is 13.0. The largest absolute Gasteiger partial charge is 0.393 e. The second-order valence-electron chi connectivity index (χ2n) is 8.43. The first-order chi connectivity index (χ1) is 14.5. The Morgan fingerprint density at radius 1 is 1.13 bits per heavy atom. The van der Waals surface area contributed by atoms with Crippen LogP contribution in [0.2, 0.25) is 0 Å². The summed E-state index contributed by atoms with van der Waals surface area (Å²) in [5, 5.41) is 14.1. The number of rotatable bonds is 4. The molecule has 0 radical (unpaired) electrons. The van der Waals surface area contributed by atoms with Crippen molar-refractivity contribution in [1.82, 2.24) is 14.7 Å². The molecule has 2 saturated heterocycles. The summed E-state index contributed by atoms with van der Waals surface area (Å²) in [7, 11) is 0. The molecule has 1 aromatic heterocycles. The Bertz CT molecular complexity index is 922. The lowest BCUT2D eigenvalue weighted by Crippen LogP contribution is -2.45. The van der Waals surface area contributed by atoms with Crippen LogP contribution < -0.4 is 10.5 Å². The Morgan fingerprint density at radius 2 is 1.87 bits per heavy atom. The normalized spacial score (nSPS) is 21.5. The summed E-state index contributed by atoms with van der Waals surface area (Å²) in [5.41, 5.74) is 1.69. The summed E-state index contributed by atoms with van der Waals surface area (Å²) in [6.07, 6.45) is 4.61. The predicted molar refractivity (Wildman–Crippen MR) is 116 cm³/mol. The Balaban J connectivity index is 1.45. The van der Waals surface area contributed by atoms with Gasteiger partial charge in [0.15, 0.2) is 0 Å². The number of carbonyl (C=O) groups excluding carboxylic acids is 1. The first-order valence-corrected chi connectivity index (χ1v) is 10.9. The lowest BCUT2D eigenvalue weighted by molar-refractivity contribution is -0.134. The number of hydrogen-bond donors (Lipinski definition) is 1. The van der Waals surface area contributed by atoms with Crippen LogP contribution in [0.1, 0.15) is 50.1 Å². The third kappa shape index (κ3) is 4.41. The van der Waals surface area contributed by atoms with Crippen molar-refractivity contribution in [1.29, 1.82) is 0 Å². The molecule has 7 nitrogen and oxygen atoms in total. The zero-order valence-corrected chi connectivity index (χ0v) is 17.5. The van der Waals surface area contributed by atoms with Crippen molar-refractivity contribution < 1.29 is 9.90 Å². The lowest BCUT2D eigenvalue weighted by Gasteiger charge is -2.35. The van der Waals surface area contributed by atoms with Crippen LogP contribution in [0.5, 0.6) is 0 Å². The molecule has 2 aromatic rings. The lowest BCUT2D eigenvalue weighted by atomic mass is 9.97. The zero-order valence-electron chi connectivity index (χ0n) is 17.5. The van der Waals surface area contributed by atoms with Crippen molar-refractivity contribution in [3.05, 3.63) is 58.5 Å². The molecule has 160 valence electrons. The van der Waals surface area contributed by atoms with E-state index in [0.29, 0.717) is 19.4 Å². The number of aliphatic hydroxyl groups is 1. The average molecular weight is 411 g/mol. The van der Waals surface area contributed by atoms with E-state index in [1.165, 1.54) is 4.68 Å². The maximum absolute atomic E-state index is 13.0. The first kappa shape index (κ1) is 20.6. The Labute approximate surface area is 176 Å². The minimum absolute atomic E-state index is 0.0995. The minimum Gasteiger partial charge on any atom is -0.393 e. The van der Waals surface area contributed by atoms with Crippen LogP contribution in [0, 0.1) is 0 Å². The summed E-state index contributed by atoms with van der Waals surface area (Å²) in [5.74, 6) is -0.103. The van der Waals surface area contributed by atoms with E-state index in [4.69, 9.17) is 0 Å². The van der Waals surface area contributed by atoms with Crippen molar-refractivity contribution in [2.75, 3.05) is 31.1 Å². The van der Waals surface area contributed by atoms with Gasteiger partial charge in [-0.2, -0.15) is 5.10 Å². The molecule has 2 atom stereocenters. The molecular weight excluding hydrogens is 380 g/mol. The van der Waals surface area contributed by atoms with E-state index in [1.807, 2.05) is 42.2 Å². The van der Waals surface area contributed by atoms with E-state index in [2.05, 4.69) is 10.00 Å². The van der Waals surface area contributed by atoms with Gasteiger partial charge in [-0.15, -0.1) is 0 Å². The molecule has 1 aromatic carbocycles. The molecular formula is C23H30N4O3. The van der Waals surface area contributed by atoms with Gasteiger partial charge < -0.3 is 14.9 Å². The maximum Gasteiger partial charge on any atom is 0.269 e. The van der Waals surface area contributed by atoms with Crippen LogP contribution in [0.15, 0.2) is 47.4 Å². The van der Waals surface area contributed by atoms with Gasteiger partial charge in [-0.25, -0.2) is 4.68 Å². The van der Waals surface area contributed by atoms with Gasteiger partial charge in [0.05, 0.1) is 29.9 Å². The van der Waals surface area contributed by atoms with Crippen LogP contribution in [0.3, 0.4) is 0 Å². The third-order valence-corrected chi connectivity index (χ3v) is 6.37. The highest BCUT2D eigenvalue weighted by atomic mass is 16.3. The summed E-state index contributed by atoms with van der Waals surface area (Å²) in [4.78, 5) is 29.8. The van der Waals surface area contributed by atoms with Crippen LogP contribution in [0.25, 0.3) is 0 Å². The van der Waals surface area contributed by atoms with Crippen LogP contribution in [-0.2, 0) is 4.79 Å². The summed E-state index contributed by atoms with van der Waals surface area (Å²) in [6.45, 7) is 4.63. The Kier molecular flexibility index (Phi) is 6.18. The predicted octanol–water partition coefficient (Wildman–Crippen LogP) is 2.17. The van der Waals surface area contributed by atoms with E-state index in [9.17, 15) is 14.7 Å². The summed E-state index contributed by atoms with van der Waals surface area (Å²) < 4.78 is 1.54. The molecule has 2 aliphatic heterocycles. The molecule has 3 heterocycles. The number of nitrogens with zero attached hydrogens (tertiary/aromatic N) is 4. The monoisotopic (exact) mass is 410 g/mol. The molecule has 0 saturated carbocycles. The van der Waals surface area contributed by atoms with Gasteiger partial charge in [-0.3, -0.25) is 9.59 Å². The second kappa shape index (κ2) is 9.00. The van der Waals surface area contributed by atoms with E-state index in [-0.39, 0.29) is 29.5 Å². The quantitative estimate of drug-likeness (QED) is 0.836. The minimum atomic E-state index is -0.251. The summed E-state index contributed by atoms with van der Waals surface area (Å²) in [6, 6.07) is 11.3. The third-order valence-electron chi connectivity index (χ3n) is 6.37. The standard InChI is InChI=1S/C23H30N4O3/c1-17(18-6-3-2-4-7-18)23(30)26-11-5-8-19(16-26)27-22(29)14-20(15-24-27)25-12-9-21(28)10-13-25/h2-4,6-7,14-15,17,19,21,28H,5,8-13,16H2,1H3/t17-,19+/m1/s1. The molecule has 2 aliphatic rings. The number of aromatic nitrogens is 2. The van der Waals surface area contributed by atoms with E-state index in [0.717, 1.165) is 43.7 Å². The number of hydrogen-bond acceptors (Lipinski definition) is 5. The molecule has 0 spiro atoms. The topological polar surface area (TPSA) is 78.7 Å². The average Bonchev–Trinajstić information content (AvgIpc) is 2.79. The van der Waals surface area contributed by atoms with Gasteiger partial charge in [0.1, 0.15) is 0 Å². The fraction of sp³-hybridized carbons (Fsp3) is 0.522. The van der Waals surface area contributed by atoms with Crippen LogP contribution in [-0.4, -0.2) is 58.0 Å². The smallest absolute Gasteiger partial charge is 0.269 e. The van der Waals surface area contributed by atoms with Crippen molar-refractivity contribution in [2.45, 2.75) is 50.7 Å². The number of amides is 1. The molecule has 1 N–H and O–H groups in total. The van der Waals surface area contributed by atoms with E-state index >= 15 is 0 Å². The van der Waals surface area contributed by atoms with Gasteiger partial charge in [-0.05, 0) is 38.2 Å². The SMILES string of the molecule is C[C@@H](C(=O)N1CCC[C@H](n2ncc(N3CCC(O)CC3)cc2=O)C1)c1ccccc1. The van der Waals surface area contributed by atoms with Gasteiger partial charge in [0, 0.05) is 32.2 Å². The van der Waals surface area contributed by atoms with Gasteiger partial charge in [-0.1, -0.05) is 30.3 Å². The van der Waals surface area contributed by atoms with Crippen LogP contribution >= 0.6 is 0 Å². The molecule has 30 heavy (non-hydrogen) atoms. The van der Waals surface area contributed by atoms with Gasteiger partial charge in [0.2, 0.25) is 5.91 Å².